The Hall–Kier alpha value is -2.41. The highest BCUT2D eigenvalue weighted by atomic mass is 35.5. The normalized spacial score (nSPS) is 16.5. The van der Waals surface area contributed by atoms with Crippen LogP contribution in [0.3, 0.4) is 0 Å². The largest absolute Gasteiger partial charge is 0.493 e. The van der Waals surface area contributed by atoms with Gasteiger partial charge in [0.15, 0.2) is 0 Å². The van der Waals surface area contributed by atoms with Crippen LogP contribution in [-0.4, -0.2) is 17.7 Å². The van der Waals surface area contributed by atoms with Gasteiger partial charge in [-0.1, -0.05) is 17.7 Å². The summed E-state index contributed by atoms with van der Waals surface area (Å²) in [5, 5.41) is 8.83. The number of hydrogen-bond acceptors (Lipinski definition) is 3. The fraction of sp³-hybridized carbons (Fsp3) is 0.278. The molecule has 2 aromatic carbocycles. The van der Waals surface area contributed by atoms with Crippen LogP contribution >= 0.6 is 11.6 Å². The topological polar surface area (TPSA) is 55.8 Å². The predicted octanol–water partition coefficient (Wildman–Crippen LogP) is 5.49. The number of benzene rings is 2. The van der Waals surface area contributed by atoms with Crippen molar-refractivity contribution in [3.63, 3.8) is 0 Å². The maximum Gasteiger partial charge on any atom is 0.416 e. The zero-order valence-electron chi connectivity index (χ0n) is 13.3. The molecule has 26 heavy (non-hydrogen) atoms. The molecule has 1 aliphatic rings. The van der Waals surface area contributed by atoms with Crippen LogP contribution in [0.25, 0.3) is 0 Å². The van der Waals surface area contributed by atoms with E-state index in [4.69, 9.17) is 26.2 Å². The molecular weight excluding hydrogens is 373 g/mol. The third-order valence-corrected chi connectivity index (χ3v) is 4.35. The number of halogens is 4. The van der Waals surface area contributed by atoms with E-state index in [0.29, 0.717) is 24.5 Å². The quantitative estimate of drug-likeness (QED) is 0.754. The molecule has 0 fully saturated rings. The molecule has 2 aromatic rings. The molecule has 8 heteroatoms. The standard InChI is InChI=1S/C18H14ClF3O4/c19-14-8-11(18(20,21)22)1-4-15(14)26-12-2-3-13-10(7-17(23)24)5-6-25-16(13)9-12/h1-4,8-10H,5-7H2,(H,23,24)/t10-/m0/s1. The first kappa shape index (κ1) is 18.4. The number of alkyl halides is 3. The molecule has 0 aliphatic carbocycles. The third-order valence-electron chi connectivity index (χ3n) is 4.06. The van der Waals surface area contributed by atoms with E-state index < -0.39 is 17.7 Å². The summed E-state index contributed by atoms with van der Waals surface area (Å²) < 4.78 is 49.2. The molecule has 1 N–H and O–H groups in total. The van der Waals surface area contributed by atoms with Crippen LogP contribution < -0.4 is 9.47 Å². The lowest BCUT2D eigenvalue weighted by atomic mass is 9.90. The minimum absolute atomic E-state index is 0.00129. The fourth-order valence-electron chi connectivity index (χ4n) is 2.82. The number of ether oxygens (including phenoxy) is 2. The van der Waals surface area contributed by atoms with Crippen LogP contribution in [0.5, 0.6) is 17.2 Å². The van der Waals surface area contributed by atoms with Gasteiger partial charge in [0.2, 0.25) is 0 Å². The van der Waals surface area contributed by atoms with E-state index in [1.807, 2.05) is 0 Å². The van der Waals surface area contributed by atoms with Gasteiger partial charge in [0, 0.05) is 12.0 Å². The maximum absolute atomic E-state index is 12.7. The Morgan fingerprint density at radius 2 is 2.04 bits per heavy atom. The van der Waals surface area contributed by atoms with Crippen molar-refractivity contribution in [3.8, 4) is 17.2 Å². The Morgan fingerprint density at radius 1 is 1.27 bits per heavy atom. The zero-order valence-corrected chi connectivity index (χ0v) is 14.1. The van der Waals surface area contributed by atoms with Crippen molar-refractivity contribution >= 4 is 17.6 Å². The van der Waals surface area contributed by atoms with Gasteiger partial charge in [0.25, 0.3) is 0 Å². The van der Waals surface area contributed by atoms with E-state index in [9.17, 15) is 18.0 Å². The first-order valence-electron chi connectivity index (χ1n) is 7.77. The summed E-state index contributed by atoms with van der Waals surface area (Å²) in [6.07, 6.45) is -3.88. The highest BCUT2D eigenvalue weighted by Gasteiger charge is 2.31. The second-order valence-corrected chi connectivity index (χ2v) is 6.28. The van der Waals surface area contributed by atoms with E-state index >= 15 is 0 Å². The second-order valence-electron chi connectivity index (χ2n) is 5.88. The Morgan fingerprint density at radius 3 is 2.69 bits per heavy atom. The van der Waals surface area contributed by atoms with Crippen molar-refractivity contribution in [2.45, 2.75) is 24.9 Å². The second kappa shape index (κ2) is 7.07. The molecule has 0 unspecified atom stereocenters. The molecule has 0 bridgehead atoms. The van der Waals surface area contributed by atoms with Crippen LogP contribution in [0.4, 0.5) is 13.2 Å². The number of carbonyl (C=O) groups is 1. The smallest absolute Gasteiger partial charge is 0.416 e. The molecule has 0 spiro atoms. The minimum Gasteiger partial charge on any atom is -0.493 e. The number of hydrogen-bond donors (Lipinski definition) is 1. The van der Waals surface area contributed by atoms with Gasteiger partial charge < -0.3 is 14.6 Å². The van der Waals surface area contributed by atoms with Crippen LogP contribution in [0.15, 0.2) is 36.4 Å². The molecule has 0 saturated carbocycles. The number of aliphatic carboxylic acids is 1. The predicted molar refractivity (Wildman–Crippen MR) is 88.1 cm³/mol. The highest BCUT2D eigenvalue weighted by molar-refractivity contribution is 6.32. The highest BCUT2D eigenvalue weighted by Crippen LogP contribution is 2.40. The lowest BCUT2D eigenvalue weighted by Crippen LogP contribution is -2.16. The van der Waals surface area contributed by atoms with Crippen LogP contribution in [-0.2, 0) is 11.0 Å². The van der Waals surface area contributed by atoms with Crippen molar-refractivity contribution in [3.05, 3.63) is 52.5 Å². The van der Waals surface area contributed by atoms with Crippen molar-refractivity contribution < 1.29 is 32.5 Å². The van der Waals surface area contributed by atoms with Gasteiger partial charge in [-0.15, -0.1) is 0 Å². The molecule has 3 rings (SSSR count). The van der Waals surface area contributed by atoms with Crippen LogP contribution in [0.1, 0.15) is 29.9 Å². The average molecular weight is 387 g/mol. The Balaban J connectivity index is 1.82. The summed E-state index contributed by atoms with van der Waals surface area (Å²) in [7, 11) is 0. The Labute approximate surface area is 152 Å². The first-order valence-corrected chi connectivity index (χ1v) is 8.15. The minimum atomic E-state index is -4.49. The van der Waals surface area contributed by atoms with E-state index in [1.54, 1.807) is 18.2 Å². The molecule has 138 valence electrons. The molecule has 0 aromatic heterocycles. The summed E-state index contributed by atoms with van der Waals surface area (Å²) >= 11 is 5.89. The van der Waals surface area contributed by atoms with Gasteiger partial charge in [0.05, 0.1) is 23.6 Å². The number of fused-ring (bicyclic) bond motifs is 1. The molecule has 1 heterocycles. The number of carboxylic acid groups (broad SMARTS) is 1. The van der Waals surface area contributed by atoms with E-state index in [1.165, 1.54) is 0 Å². The van der Waals surface area contributed by atoms with Gasteiger partial charge in [0.1, 0.15) is 17.2 Å². The summed E-state index contributed by atoms with van der Waals surface area (Å²) in [6.45, 7) is 0.384. The molecule has 4 nitrogen and oxygen atoms in total. The Bertz CT molecular complexity index is 836. The van der Waals surface area contributed by atoms with Crippen molar-refractivity contribution in [1.82, 2.24) is 0 Å². The monoisotopic (exact) mass is 386 g/mol. The van der Waals surface area contributed by atoms with Crippen LogP contribution in [0, 0.1) is 0 Å². The molecule has 0 amide bonds. The van der Waals surface area contributed by atoms with Gasteiger partial charge in [-0.25, -0.2) is 0 Å². The zero-order chi connectivity index (χ0) is 18.9. The summed E-state index contributed by atoms with van der Waals surface area (Å²) in [6, 6.07) is 7.73. The van der Waals surface area contributed by atoms with Crippen molar-refractivity contribution in [2.24, 2.45) is 0 Å². The number of rotatable bonds is 4. The summed E-state index contributed by atoms with van der Waals surface area (Å²) in [5.74, 6) is -0.124. The van der Waals surface area contributed by atoms with Crippen molar-refractivity contribution in [1.29, 1.82) is 0 Å². The lowest BCUT2D eigenvalue weighted by molar-refractivity contribution is -0.138. The Kier molecular flexibility index (Phi) is 5.00. The van der Waals surface area contributed by atoms with E-state index in [2.05, 4.69) is 0 Å². The first-order chi connectivity index (χ1) is 12.2. The van der Waals surface area contributed by atoms with Gasteiger partial charge >= 0.3 is 12.1 Å². The molecule has 0 radical (unpaired) electrons. The van der Waals surface area contributed by atoms with Crippen molar-refractivity contribution in [2.75, 3.05) is 6.61 Å². The molecular formula is C18H14ClF3O4. The third kappa shape index (κ3) is 4.04. The van der Waals surface area contributed by atoms with Crippen LogP contribution in [0.2, 0.25) is 5.02 Å². The summed E-state index contributed by atoms with van der Waals surface area (Å²) in [5.41, 5.74) is -0.0929. The van der Waals surface area contributed by atoms with Gasteiger partial charge in [-0.3, -0.25) is 4.79 Å². The molecule has 0 saturated heterocycles. The van der Waals surface area contributed by atoms with Gasteiger partial charge in [-0.2, -0.15) is 13.2 Å². The fourth-order valence-corrected chi connectivity index (χ4v) is 3.04. The van der Waals surface area contributed by atoms with E-state index in [0.717, 1.165) is 23.8 Å². The lowest BCUT2D eigenvalue weighted by Gasteiger charge is -2.25. The summed E-state index contributed by atoms with van der Waals surface area (Å²) in [4.78, 5) is 11.0. The van der Waals surface area contributed by atoms with Gasteiger partial charge in [-0.05, 0) is 36.2 Å². The SMILES string of the molecule is O=C(O)C[C@@H]1CCOc2cc(Oc3ccc(C(F)(F)F)cc3Cl)ccc21. The number of carboxylic acids is 1. The maximum atomic E-state index is 12.7. The molecule has 1 atom stereocenters. The van der Waals surface area contributed by atoms with E-state index in [-0.39, 0.29) is 23.1 Å². The average Bonchev–Trinajstić information content (AvgIpc) is 2.55. The molecule has 1 aliphatic heterocycles.